The molecule has 8 nitrogen and oxygen atoms in total. The Morgan fingerprint density at radius 2 is 2.00 bits per heavy atom. The maximum atomic E-state index is 5.99. The number of aromatic nitrogens is 3. The predicted molar refractivity (Wildman–Crippen MR) is 120 cm³/mol. The van der Waals surface area contributed by atoms with Gasteiger partial charge in [-0.2, -0.15) is 0 Å². The molecule has 10 heteroatoms. The molecule has 1 aromatic carbocycles. The highest BCUT2D eigenvalue weighted by atomic mass is 35.5. The Morgan fingerprint density at radius 3 is 2.70 bits per heavy atom. The molecule has 1 saturated heterocycles. The lowest BCUT2D eigenvalue weighted by molar-refractivity contribution is -0.0580. The molecule has 1 unspecified atom stereocenters. The van der Waals surface area contributed by atoms with Gasteiger partial charge in [0.1, 0.15) is 0 Å². The highest BCUT2D eigenvalue weighted by Crippen LogP contribution is 2.31. The van der Waals surface area contributed by atoms with E-state index in [4.69, 9.17) is 26.2 Å². The summed E-state index contributed by atoms with van der Waals surface area (Å²) in [6, 6.07) is 7.60. The first kappa shape index (κ1) is 20.9. The van der Waals surface area contributed by atoms with Crippen molar-refractivity contribution in [2.24, 2.45) is 4.99 Å². The van der Waals surface area contributed by atoms with Crippen molar-refractivity contribution >= 4 is 40.9 Å². The van der Waals surface area contributed by atoms with E-state index in [1.54, 1.807) is 11.1 Å². The quantitative estimate of drug-likeness (QED) is 0.476. The van der Waals surface area contributed by atoms with E-state index in [9.17, 15) is 0 Å². The standard InChI is InChI=1S/C20H23ClN6O2S/c1-4-14(2)27-19(26-9-11-28-12-10-26)23-24-20(27)30-13-17-22-18(25(3)29-17)15-5-7-16(21)8-6-15/h4-8,18H,1-2,9-13H2,3H3. The number of ether oxygens (including phenoxy) is 1. The molecule has 0 saturated carbocycles. The van der Waals surface area contributed by atoms with Crippen LogP contribution in [0.2, 0.25) is 5.02 Å². The van der Waals surface area contributed by atoms with Gasteiger partial charge in [-0.15, -0.1) is 15.3 Å². The number of morpholine rings is 1. The lowest BCUT2D eigenvalue weighted by Crippen LogP contribution is -2.37. The van der Waals surface area contributed by atoms with Crippen molar-refractivity contribution in [3.63, 3.8) is 0 Å². The lowest BCUT2D eigenvalue weighted by atomic mass is 10.2. The molecule has 0 bridgehead atoms. The van der Waals surface area contributed by atoms with Crippen LogP contribution in [0.5, 0.6) is 0 Å². The van der Waals surface area contributed by atoms with Crippen molar-refractivity contribution in [2.75, 3.05) is 44.0 Å². The molecular formula is C20H23ClN6O2S. The van der Waals surface area contributed by atoms with Crippen molar-refractivity contribution in [2.45, 2.75) is 11.3 Å². The Hall–Kier alpha value is -2.33. The van der Waals surface area contributed by atoms with Gasteiger partial charge in [-0.25, -0.2) is 4.99 Å². The van der Waals surface area contributed by atoms with Gasteiger partial charge in [-0.3, -0.25) is 4.57 Å². The largest absolute Gasteiger partial charge is 0.388 e. The van der Waals surface area contributed by atoms with E-state index in [-0.39, 0.29) is 6.17 Å². The van der Waals surface area contributed by atoms with Gasteiger partial charge in [0.25, 0.3) is 0 Å². The summed E-state index contributed by atoms with van der Waals surface area (Å²) >= 11 is 7.48. The minimum atomic E-state index is -0.206. The van der Waals surface area contributed by atoms with Crippen LogP contribution in [-0.2, 0) is 9.57 Å². The number of anilines is 1. The molecule has 4 rings (SSSR count). The molecule has 158 valence electrons. The number of halogens is 1. The number of allylic oxidation sites excluding steroid dienone is 2. The number of benzene rings is 1. The van der Waals surface area contributed by atoms with Crippen molar-refractivity contribution in [1.29, 1.82) is 0 Å². The van der Waals surface area contributed by atoms with Gasteiger partial charge in [-0.05, 0) is 23.8 Å². The fourth-order valence-corrected chi connectivity index (χ4v) is 4.17. The molecule has 2 aromatic rings. The summed E-state index contributed by atoms with van der Waals surface area (Å²) < 4.78 is 7.36. The fourth-order valence-electron chi connectivity index (χ4n) is 3.23. The third-order valence-corrected chi connectivity index (χ3v) is 5.95. The normalized spacial score (nSPS) is 19.5. The minimum absolute atomic E-state index is 0.206. The van der Waals surface area contributed by atoms with Crippen LogP contribution in [-0.4, -0.2) is 64.8 Å². The maximum Gasteiger partial charge on any atom is 0.232 e. The molecule has 3 heterocycles. The summed E-state index contributed by atoms with van der Waals surface area (Å²) in [6.07, 6.45) is 1.49. The van der Waals surface area contributed by atoms with Crippen molar-refractivity contribution in [3.8, 4) is 0 Å². The number of hydroxylamine groups is 2. The Balaban J connectivity index is 1.50. The molecule has 0 N–H and O–H groups in total. The first-order chi connectivity index (χ1) is 14.6. The molecule has 0 aliphatic carbocycles. The SMILES string of the molecule is C=CC(=C)n1c(SCC2=NC(c3ccc(Cl)cc3)N(C)O2)nnc1N1CCOCC1. The molecule has 2 aliphatic rings. The Bertz CT molecular complexity index is 955. The first-order valence-corrected chi connectivity index (χ1v) is 10.9. The van der Waals surface area contributed by atoms with Gasteiger partial charge in [0.15, 0.2) is 11.3 Å². The van der Waals surface area contributed by atoms with Gasteiger partial charge in [-0.1, -0.05) is 48.7 Å². The summed E-state index contributed by atoms with van der Waals surface area (Å²) in [5.74, 6) is 1.88. The summed E-state index contributed by atoms with van der Waals surface area (Å²) in [5, 5.41) is 11.9. The Morgan fingerprint density at radius 1 is 1.27 bits per heavy atom. The van der Waals surface area contributed by atoms with Crippen molar-refractivity contribution in [1.82, 2.24) is 19.8 Å². The van der Waals surface area contributed by atoms with Crippen molar-refractivity contribution < 1.29 is 9.57 Å². The van der Waals surface area contributed by atoms with E-state index in [1.807, 2.05) is 35.9 Å². The monoisotopic (exact) mass is 446 g/mol. The van der Waals surface area contributed by atoms with Gasteiger partial charge < -0.3 is 14.5 Å². The minimum Gasteiger partial charge on any atom is -0.388 e. The van der Waals surface area contributed by atoms with Crippen LogP contribution in [0, 0.1) is 0 Å². The summed E-state index contributed by atoms with van der Waals surface area (Å²) in [5.41, 5.74) is 1.73. The first-order valence-electron chi connectivity index (χ1n) is 9.52. The smallest absolute Gasteiger partial charge is 0.232 e. The van der Waals surface area contributed by atoms with Gasteiger partial charge in [0.2, 0.25) is 11.8 Å². The summed E-state index contributed by atoms with van der Waals surface area (Å²) in [7, 11) is 1.86. The number of hydrogen-bond donors (Lipinski definition) is 0. The maximum absolute atomic E-state index is 5.99. The number of rotatable bonds is 7. The summed E-state index contributed by atoms with van der Waals surface area (Å²) in [6.45, 7) is 10.8. The molecule has 30 heavy (non-hydrogen) atoms. The Kier molecular flexibility index (Phi) is 6.43. The molecule has 1 atom stereocenters. The van der Waals surface area contributed by atoms with Crippen LogP contribution in [0.3, 0.4) is 0 Å². The fraction of sp³-hybridized carbons (Fsp3) is 0.350. The molecule has 2 aliphatic heterocycles. The predicted octanol–water partition coefficient (Wildman–Crippen LogP) is 3.49. The zero-order valence-corrected chi connectivity index (χ0v) is 18.3. The average molecular weight is 447 g/mol. The second-order valence-electron chi connectivity index (χ2n) is 6.79. The van der Waals surface area contributed by atoms with Gasteiger partial charge >= 0.3 is 0 Å². The molecule has 1 aromatic heterocycles. The van der Waals surface area contributed by atoms with Gasteiger partial charge in [0, 0.05) is 30.9 Å². The van der Waals surface area contributed by atoms with E-state index < -0.39 is 0 Å². The van der Waals surface area contributed by atoms with Crippen LogP contribution in [0.25, 0.3) is 5.70 Å². The Labute approximate surface area is 184 Å². The number of aliphatic imine (C=N–C) groups is 1. The molecule has 0 radical (unpaired) electrons. The van der Waals surface area contributed by atoms with Crippen LogP contribution in [0.4, 0.5) is 5.95 Å². The zero-order valence-electron chi connectivity index (χ0n) is 16.7. The lowest BCUT2D eigenvalue weighted by Gasteiger charge is -2.27. The van der Waals surface area contributed by atoms with E-state index in [1.165, 1.54) is 11.8 Å². The topological polar surface area (TPSA) is 68.0 Å². The summed E-state index contributed by atoms with van der Waals surface area (Å²) in [4.78, 5) is 12.7. The van der Waals surface area contributed by atoms with E-state index >= 15 is 0 Å². The third-order valence-electron chi connectivity index (χ3n) is 4.79. The second kappa shape index (κ2) is 9.22. The van der Waals surface area contributed by atoms with E-state index in [0.717, 1.165) is 30.3 Å². The van der Waals surface area contributed by atoms with Crippen LogP contribution >= 0.6 is 23.4 Å². The van der Waals surface area contributed by atoms with Crippen LogP contribution < -0.4 is 4.90 Å². The average Bonchev–Trinajstić information content (AvgIpc) is 3.36. The molecular weight excluding hydrogens is 424 g/mol. The highest BCUT2D eigenvalue weighted by molar-refractivity contribution is 7.99. The molecule has 0 amide bonds. The molecule has 1 fully saturated rings. The van der Waals surface area contributed by atoms with Crippen LogP contribution in [0.1, 0.15) is 11.7 Å². The number of nitrogens with zero attached hydrogens (tertiary/aromatic N) is 6. The van der Waals surface area contributed by atoms with Crippen LogP contribution in [0.15, 0.2) is 53.6 Å². The van der Waals surface area contributed by atoms with Gasteiger partial charge in [0.05, 0.1) is 19.0 Å². The third kappa shape index (κ3) is 4.39. The van der Waals surface area contributed by atoms with E-state index in [2.05, 4.69) is 28.3 Å². The zero-order chi connectivity index (χ0) is 21.1. The van der Waals surface area contributed by atoms with E-state index in [0.29, 0.717) is 35.0 Å². The van der Waals surface area contributed by atoms with Crippen molar-refractivity contribution in [3.05, 3.63) is 54.1 Å². The number of hydrogen-bond acceptors (Lipinski definition) is 8. The second-order valence-corrected chi connectivity index (χ2v) is 8.17. The number of thioether (sulfide) groups is 1. The molecule has 0 spiro atoms. The highest BCUT2D eigenvalue weighted by Gasteiger charge is 2.28.